The summed E-state index contributed by atoms with van der Waals surface area (Å²) >= 11 is 1.52. The standard InChI is InChI=1S/C17H20N2O3S/c1-19(8-16(20)12-5-6-12)17(21)13-3-2-4-15(7-13)22-9-14-10-23-11-18-14/h2-4,7,10-12,16,20H,5-6,8-9H2,1H3. The number of benzene rings is 1. The lowest BCUT2D eigenvalue weighted by Crippen LogP contribution is -2.35. The van der Waals surface area contributed by atoms with Crippen LogP contribution in [0.2, 0.25) is 0 Å². The molecule has 23 heavy (non-hydrogen) atoms. The van der Waals surface area contributed by atoms with Gasteiger partial charge in [0.1, 0.15) is 12.4 Å². The van der Waals surface area contributed by atoms with Gasteiger partial charge in [-0.3, -0.25) is 4.79 Å². The molecule has 0 bridgehead atoms. The van der Waals surface area contributed by atoms with E-state index >= 15 is 0 Å². The third kappa shape index (κ3) is 4.30. The topological polar surface area (TPSA) is 62.7 Å². The molecule has 1 fully saturated rings. The summed E-state index contributed by atoms with van der Waals surface area (Å²) in [5, 5.41) is 11.9. The highest BCUT2D eigenvalue weighted by Crippen LogP contribution is 2.32. The molecule has 1 heterocycles. The van der Waals surface area contributed by atoms with Gasteiger partial charge in [-0.2, -0.15) is 0 Å². The molecule has 0 saturated heterocycles. The van der Waals surface area contributed by atoms with Gasteiger partial charge in [0.15, 0.2) is 0 Å². The second kappa shape index (κ2) is 7.10. The minimum absolute atomic E-state index is 0.108. The molecule has 1 aliphatic rings. The average molecular weight is 332 g/mol. The van der Waals surface area contributed by atoms with Gasteiger partial charge in [-0.25, -0.2) is 4.98 Å². The second-order valence-corrected chi connectivity index (χ2v) is 6.61. The van der Waals surface area contributed by atoms with Crippen molar-refractivity contribution in [2.75, 3.05) is 13.6 Å². The molecule has 5 nitrogen and oxygen atoms in total. The Morgan fingerprint density at radius 1 is 1.52 bits per heavy atom. The monoisotopic (exact) mass is 332 g/mol. The highest BCUT2D eigenvalue weighted by Gasteiger charge is 2.31. The van der Waals surface area contributed by atoms with E-state index in [9.17, 15) is 9.90 Å². The van der Waals surface area contributed by atoms with Crippen LogP contribution in [-0.4, -0.2) is 40.6 Å². The lowest BCUT2D eigenvalue weighted by molar-refractivity contribution is 0.0645. The smallest absolute Gasteiger partial charge is 0.253 e. The largest absolute Gasteiger partial charge is 0.487 e. The second-order valence-electron chi connectivity index (χ2n) is 5.89. The minimum atomic E-state index is -0.423. The molecule has 0 aliphatic heterocycles. The van der Waals surface area contributed by atoms with Gasteiger partial charge in [-0.05, 0) is 37.0 Å². The van der Waals surface area contributed by atoms with Crippen molar-refractivity contribution < 1.29 is 14.6 Å². The molecule has 1 unspecified atom stereocenters. The van der Waals surface area contributed by atoms with E-state index in [0.29, 0.717) is 30.4 Å². The summed E-state index contributed by atoms with van der Waals surface area (Å²) in [4.78, 5) is 18.2. The van der Waals surface area contributed by atoms with Gasteiger partial charge in [-0.1, -0.05) is 6.07 Å². The van der Waals surface area contributed by atoms with Crippen LogP contribution in [0.5, 0.6) is 5.75 Å². The van der Waals surface area contributed by atoms with Crippen LogP contribution in [0, 0.1) is 5.92 Å². The first-order valence-electron chi connectivity index (χ1n) is 7.67. The van der Waals surface area contributed by atoms with Crippen molar-refractivity contribution in [3.8, 4) is 5.75 Å². The molecule has 1 aliphatic carbocycles. The van der Waals surface area contributed by atoms with Crippen LogP contribution >= 0.6 is 11.3 Å². The van der Waals surface area contributed by atoms with Crippen molar-refractivity contribution in [1.29, 1.82) is 0 Å². The molecule has 3 rings (SSSR count). The van der Waals surface area contributed by atoms with Crippen LogP contribution in [0.25, 0.3) is 0 Å². The number of rotatable bonds is 7. The van der Waals surface area contributed by atoms with Gasteiger partial charge >= 0.3 is 0 Å². The van der Waals surface area contributed by atoms with Crippen LogP contribution in [0.15, 0.2) is 35.2 Å². The van der Waals surface area contributed by atoms with Crippen LogP contribution in [0.4, 0.5) is 0 Å². The third-order valence-electron chi connectivity index (χ3n) is 3.92. The Labute approximate surface area is 139 Å². The molecule has 1 atom stereocenters. The van der Waals surface area contributed by atoms with Crippen LogP contribution in [0.3, 0.4) is 0 Å². The number of carbonyl (C=O) groups is 1. The van der Waals surface area contributed by atoms with Crippen molar-refractivity contribution in [3.05, 3.63) is 46.4 Å². The van der Waals surface area contributed by atoms with Crippen molar-refractivity contribution in [3.63, 3.8) is 0 Å². The van der Waals surface area contributed by atoms with Gasteiger partial charge < -0.3 is 14.7 Å². The minimum Gasteiger partial charge on any atom is -0.487 e. The van der Waals surface area contributed by atoms with E-state index in [1.165, 1.54) is 11.3 Å². The first-order valence-corrected chi connectivity index (χ1v) is 8.61. The van der Waals surface area contributed by atoms with Crippen molar-refractivity contribution >= 4 is 17.2 Å². The quantitative estimate of drug-likeness (QED) is 0.846. The zero-order chi connectivity index (χ0) is 16.2. The van der Waals surface area contributed by atoms with E-state index in [1.807, 2.05) is 11.4 Å². The summed E-state index contributed by atoms with van der Waals surface area (Å²) in [5.41, 5.74) is 3.20. The summed E-state index contributed by atoms with van der Waals surface area (Å²) in [7, 11) is 1.72. The summed E-state index contributed by atoms with van der Waals surface area (Å²) in [6, 6.07) is 7.11. The predicted octanol–water partition coefficient (Wildman–Crippen LogP) is 2.57. The number of carbonyl (C=O) groups excluding carboxylic acids is 1. The molecule has 6 heteroatoms. The Hall–Kier alpha value is -1.92. The Balaban J connectivity index is 1.60. The number of aromatic nitrogens is 1. The van der Waals surface area contributed by atoms with Gasteiger partial charge in [0, 0.05) is 24.5 Å². The number of amides is 1. The maximum absolute atomic E-state index is 12.5. The molecule has 1 N–H and O–H groups in total. The number of likely N-dealkylation sites (N-methyl/N-ethyl adjacent to an activating group) is 1. The highest BCUT2D eigenvalue weighted by molar-refractivity contribution is 7.07. The van der Waals surface area contributed by atoms with E-state index in [1.54, 1.807) is 35.7 Å². The summed E-state index contributed by atoms with van der Waals surface area (Å²) in [5.74, 6) is 0.891. The fraction of sp³-hybridized carbons (Fsp3) is 0.412. The van der Waals surface area contributed by atoms with E-state index in [-0.39, 0.29) is 5.91 Å². The van der Waals surface area contributed by atoms with E-state index in [2.05, 4.69) is 4.98 Å². The fourth-order valence-electron chi connectivity index (χ4n) is 2.40. The van der Waals surface area contributed by atoms with E-state index in [4.69, 9.17) is 4.74 Å². The maximum atomic E-state index is 12.5. The zero-order valence-electron chi connectivity index (χ0n) is 13.0. The molecule has 1 aromatic heterocycles. The van der Waals surface area contributed by atoms with E-state index in [0.717, 1.165) is 18.5 Å². The molecule has 0 spiro atoms. The van der Waals surface area contributed by atoms with Gasteiger partial charge in [0.05, 0.1) is 17.3 Å². The maximum Gasteiger partial charge on any atom is 0.253 e. The Morgan fingerprint density at radius 2 is 2.35 bits per heavy atom. The molecule has 1 aromatic carbocycles. The first kappa shape index (κ1) is 16.0. The van der Waals surface area contributed by atoms with Crippen molar-refractivity contribution in [2.45, 2.75) is 25.6 Å². The normalized spacial score (nSPS) is 15.2. The highest BCUT2D eigenvalue weighted by atomic mass is 32.1. The van der Waals surface area contributed by atoms with Crippen LogP contribution in [0.1, 0.15) is 28.9 Å². The Bertz CT molecular complexity index is 656. The number of aliphatic hydroxyl groups excluding tert-OH is 1. The number of ether oxygens (including phenoxy) is 1. The zero-order valence-corrected chi connectivity index (χ0v) is 13.8. The van der Waals surface area contributed by atoms with Crippen molar-refractivity contribution in [2.24, 2.45) is 5.92 Å². The first-order chi connectivity index (χ1) is 11.1. The molecule has 0 radical (unpaired) electrons. The number of hydrogen-bond acceptors (Lipinski definition) is 5. The van der Waals surface area contributed by atoms with Crippen molar-refractivity contribution in [1.82, 2.24) is 9.88 Å². The SMILES string of the molecule is CN(CC(O)C1CC1)C(=O)c1cccc(OCc2cscn2)c1. The number of aliphatic hydroxyl groups is 1. The molecule has 122 valence electrons. The number of nitrogens with zero attached hydrogens (tertiary/aromatic N) is 2. The third-order valence-corrected chi connectivity index (χ3v) is 4.56. The van der Waals surface area contributed by atoms with E-state index < -0.39 is 6.10 Å². The van der Waals surface area contributed by atoms with Gasteiger partial charge in [0.2, 0.25) is 0 Å². The van der Waals surface area contributed by atoms with Gasteiger partial charge in [-0.15, -0.1) is 11.3 Å². The Morgan fingerprint density at radius 3 is 3.04 bits per heavy atom. The molecule has 1 saturated carbocycles. The predicted molar refractivity (Wildman–Crippen MR) is 88.6 cm³/mol. The number of hydrogen-bond donors (Lipinski definition) is 1. The fourth-order valence-corrected chi connectivity index (χ4v) is 2.94. The summed E-state index contributed by atoms with van der Waals surface area (Å²) in [6.07, 6.45) is 1.69. The molecular weight excluding hydrogens is 312 g/mol. The molecule has 2 aromatic rings. The molecular formula is C17H20N2O3S. The summed E-state index contributed by atoms with van der Waals surface area (Å²) < 4.78 is 5.67. The van der Waals surface area contributed by atoms with Crippen LogP contribution in [-0.2, 0) is 6.61 Å². The molecule has 1 amide bonds. The lowest BCUT2D eigenvalue weighted by Gasteiger charge is -2.21. The Kier molecular flexibility index (Phi) is 4.93. The van der Waals surface area contributed by atoms with Crippen LogP contribution < -0.4 is 4.74 Å². The van der Waals surface area contributed by atoms with Gasteiger partial charge in [0.25, 0.3) is 5.91 Å². The summed E-state index contributed by atoms with van der Waals surface area (Å²) in [6.45, 7) is 0.755. The lowest BCUT2D eigenvalue weighted by atomic mass is 10.1. The number of thiazole rings is 1. The average Bonchev–Trinajstić information content (AvgIpc) is 3.29.